The number of carbonyl (C=O) groups excluding carboxylic acids is 2. The number of allylic oxidation sites excluding steroid dienone is 6. The summed E-state index contributed by atoms with van der Waals surface area (Å²) in [5, 5.41) is 6.42. The van der Waals surface area contributed by atoms with Crippen molar-refractivity contribution >= 4 is 28.5 Å². The Morgan fingerprint density at radius 2 is 1.93 bits per heavy atom. The third-order valence-corrected chi connectivity index (χ3v) is 7.58. The van der Waals surface area contributed by atoms with E-state index in [9.17, 15) is 14.0 Å². The van der Waals surface area contributed by atoms with E-state index >= 15 is 0 Å². The van der Waals surface area contributed by atoms with Gasteiger partial charge in [0.25, 0.3) is 11.8 Å². The number of furan rings is 1. The van der Waals surface area contributed by atoms with Gasteiger partial charge in [0.2, 0.25) is 5.71 Å². The summed E-state index contributed by atoms with van der Waals surface area (Å²) in [6, 6.07) is 9.20. The van der Waals surface area contributed by atoms with E-state index in [1.54, 1.807) is 25.4 Å². The number of benzene rings is 1. The molecule has 0 aliphatic heterocycles. The van der Waals surface area contributed by atoms with Gasteiger partial charge in [-0.15, -0.1) is 0 Å². The summed E-state index contributed by atoms with van der Waals surface area (Å²) in [6.45, 7) is 5.92. The van der Waals surface area contributed by atoms with Crippen LogP contribution in [0.25, 0.3) is 27.8 Å². The molecule has 2 N–H and O–H groups in total. The molecule has 0 saturated carbocycles. The minimum Gasteiger partial charge on any atom is -0.437 e. The Kier molecular flexibility index (Phi) is 7.57. The molecule has 206 valence electrons. The van der Waals surface area contributed by atoms with E-state index in [2.05, 4.69) is 33.8 Å². The summed E-state index contributed by atoms with van der Waals surface area (Å²) < 4.78 is 19.9. The summed E-state index contributed by atoms with van der Waals surface area (Å²) in [4.78, 5) is 30.9. The zero-order valence-corrected chi connectivity index (χ0v) is 23.3. The van der Waals surface area contributed by atoms with Crippen LogP contribution >= 0.6 is 0 Å². The van der Waals surface area contributed by atoms with Gasteiger partial charge in [0, 0.05) is 30.8 Å². The maximum atomic E-state index is 13.8. The first-order chi connectivity index (χ1) is 19.2. The molecule has 2 aliphatic rings. The molecular formula is C33H34FN3O3. The van der Waals surface area contributed by atoms with Crippen LogP contribution in [0.3, 0.4) is 0 Å². The van der Waals surface area contributed by atoms with Crippen LogP contribution in [-0.2, 0) is 0 Å². The predicted molar refractivity (Wildman–Crippen MR) is 156 cm³/mol. The van der Waals surface area contributed by atoms with Crippen molar-refractivity contribution in [1.29, 1.82) is 0 Å². The van der Waals surface area contributed by atoms with Gasteiger partial charge in [-0.1, -0.05) is 43.4 Å². The zero-order valence-electron chi connectivity index (χ0n) is 23.3. The van der Waals surface area contributed by atoms with E-state index in [1.165, 1.54) is 6.08 Å². The number of aromatic nitrogens is 1. The van der Waals surface area contributed by atoms with Gasteiger partial charge in [-0.25, -0.2) is 9.37 Å². The number of hydrogen-bond acceptors (Lipinski definition) is 4. The lowest BCUT2D eigenvalue weighted by Crippen LogP contribution is -2.44. The van der Waals surface area contributed by atoms with Crippen LogP contribution in [0.2, 0.25) is 0 Å². The Morgan fingerprint density at radius 3 is 2.70 bits per heavy atom. The van der Waals surface area contributed by atoms with E-state index in [1.807, 2.05) is 45.0 Å². The van der Waals surface area contributed by atoms with Crippen LogP contribution in [0.15, 0.2) is 82.7 Å². The number of halogens is 1. The molecule has 1 unspecified atom stereocenters. The first-order valence-corrected chi connectivity index (χ1v) is 13.7. The molecule has 0 fully saturated rings. The number of pyridine rings is 1. The zero-order chi connectivity index (χ0) is 28.4. The van der Waals surface area contributed by atoms with Crippen molar-refractivity contribution in [1.82, 2.24) is 15.6 Å². The van der Waals surface area contributed by atoms with Crippen molar-refractivity contribution in [2.45, 2.75) is 52.0 Å². The summed E-state index contributed by atoms with van der Waals surface area (Å²) in [6.07, 6.45) is 14.6. The standard InChI is InChI=1S/C33H34FN3O3/c1-20-16-25(34)14-15-26(20)29-28(31(39)35-4)27-18-23(19-36-32(27)40-29)21-10-9-11-22(17-21)30(38)37-33(2,3)24-12-7-5-6-8-13-24/h7,9-15,17-20H,5-6,8,16H2,1-4H3,(H,35,39)(H,37,38). The van der Waals surface area contributed by atoms with Crippen LogP contribution in [0.5, 0.6) is 0 Å². The first-order valence-electron chi connectivity index (χ1n) is 13.7. The van der Waals surface area contributed by atoms with E-state index in [4.69, 9.17) is 4.42 Å². The van der Waals surface area contributed by atoms with Crippen molar-refractivity contribution in [2.24, 2.45) is 5.92 Å². The Balaban J connectivity index is 1.50. The number of fused-ring (bicyclic) bond motifs is 1. The van der Waals surface area contributed by atoms with Gasteiger partial charge in [-0.2, -0.15) is 0 Å². The average molecular weight is 540 g/mol. The Labute approximate surface area is 233 Å². The molecule has 0 radical (unpaired) electrons. The fraction of sp³-hybridized carbons (Fsp3) is 0.303. The SMILES string of the molecule is CNC(=O)c1c(C2=CC=C(F)CC2C)oc2ncc(-c3cccc(C(=O)NC(C)(C)C4=CCCCC=C4)c3)cc12. The number of nitrogens with zero attached hydrogens (tertiary/aromatic N) is 1. The molecule has 3 aromatic rings. The second-order valence-electron chi connectivity index (χ2n) is 11.0. The van der Waals surface area contributed by atoms with Gasteiger partial charge in [-0.05, 0) is 80.0 Å². The minimum absolute atomic E-state index is 0.155. The largest absolute Gasteiger partial charge is 0.437 e. The van der Waals surface area contributed by atoms with Gasteiger partial charge in [0.05, 0.1) is 16.5 Å². The molecule has 1 aromatic carbocycles. The highest BCUT2D eigenvalue weighted by molar-refractivity contribution is 6.10. The van der Waals surface area contributed by atoms with E-state index in [0.29, 0.717) is 28.0 Å². The molecule has 40 heavy (non-hydrogen) atoms. The quantitative estimate of drug-likeness (QED) is 0.344. The third-order valence-electron chi connectivity index (χ3n) is 7.58. The van der Waals surface area contributed by atoms with Gasteiger partial charge in [0.15, 0.2) is 0 Å². The molecule has 2 aliphatic carbocycles. The number of rotatable bonds is 6. The molecule has 0 saturated heterocycles. The summed E-state index contributed by atoms with van der Waals surface area (Å²) in [7, 11) is 1.56. The molecule has 2 amide bonds. The normalized spacial score (nSPS) is 17.5. The summed E-state index contributed by atoms with van der Waals surface area (Å²) in [5.74, 6) is -0.448. The topological polar surface area (TPSA) is 84.2 Å². The molecule has 1 atom stereocenters. The number of carbonyl (C=O) groups is 2. The fourth-order valence-corrected chi connectivity index (χ4v) is 5.31. The Morgan fingerprint density at radius 1 is 1.10 bits per heavy atom. The van der Waals surface area contributed by atoms with Gasteiger partial charge >= 0.3 is 0 Å². The maximum absolute atomic E-state index is 13.8. The Hall–Kier alpha value is -4.26. The number of nitrogens with one attached hydrogen (secondary N) is 2. The van der Waals surface area contributed by atoms with E-state index in [-0.39, 0.29) is 30.0 Å². The molecule has 2 aromatic heterocycles. The molecule has 7 heteroatoms. The second-order valence-corrected chi connectivity index (χ2v) is 11.0. The average Bonchev–Trinajstić information content (AvgIpc) is 3.09. The van der Waals surface area contributed by atoms with Gasteiger partial charge < -0.3 is 15.1 Å². The van der Waals surface area contributed by atoms with Gasteiger partial charge in [0.1, 0.15) is 11.6 Å². The van der Waals surface area contributed by atoms with Crippen molar-refractivity contribution in [3.05, 3.63) is 95.2 Å². The highest BCUT2D eigenvalue weighted by atomic mass is 19.1. The molecule has 0 bridgehead atoms. The summed E-state index contributed by atoms with van der Waals surface area (Å²) >= 11 is 0. The lowest BCUT2D eigenvalue weighted by atomic mass is 9.89. The van der Waals surface area contributed by atoms with Crippen LogP contribution in [0, 0.1) is 5.92 Å². The predicted octanol–water partition coefficient (Wildman–Crippen LogP) is 7.31. The number of hydrogen-bond donors (Lipinski definition) is 2. The van der Waals surface area contributed by atoms with Crippen LogP contribution in [-0.4, -0.2) is 29.4 Å². The molecule has 0 spiro atoms. The third kappa shape index (κ3) is 5.41. The van der Waals surface area contributed by atoms with E-state index in [0.717, 1.165) is 41.5 Å². The maximum Gasteiger partial charge on any atom is 0.255 e. The molecular weight excluding hydrogens is 505 g/mol. The van der Waals surface area contributed by atoms with Crippen LogP contribution in [0.4, 0.5) is 4.39 Å². The number of amides is 2. The molecule has 2 heterocycles. The second kappa shape index (κ2) is 11.1. The monoisotopic (exact) mass is 539 g/mol. The van der Waals surface area contributed by atoms with Gasteiger partial charge in [-0.3, -0.25) is 9.59 Å². The molecule has 6 nitrogen and oxygen atoms in total. The first kappa shape index (κ1) is 27.3. The van der Waals surface area contributed by atoms with Crippen LogP contribution in [0.1, 0.15) is 72.9 Å². The van der Waals surface area contributed by atoms with Crippen molar-refractivity contribution in [3.8, 4) is 11.1 Å². The smallest absolute Gasteiger partial charge is 0.255 e. The lowest BCUT2D eigenvalue weighted by molar-refractivity contribution is 0.0923. The summed E-state index contributed by atoms with van der Waals surface area (Å²) in [5.41, 5.74) is 4.06. The Bertz CT molecular complexity index is 1610. The van der Waals surface area contributed by atoms with E-state index < -0.39 is 5.54 Å². The van der Waals surface area contributed by atoms with Crippen molar-refractivity contribution in [3.63, 3.8) is 0 Å². The minimum atomic E-state index is -0.521. The fourth-order valence-electron chi connectivity index (χ4n) is 5.31. The van der Waals surface area contributed by atoms with Crippen LogP contribution < -0.4 is 10.6 Å². The molecule has 5 rings (SSSR count). The lowest BCUT2D eigenvalue weighted by Gasteiger charge is -2.28. The van der Waals surface area contributed by atoms with Crippen molar-refractivity contribution < 1.29 is 18.4 Å². The highest BCUT2D eigenvalue weighted by Gasteiger charge is 2.28. The van der Waals surface area contributed by atoms with Crippen molar-refractivity contribution in [2.75, 3.05) is 7.05 Å². The highest BCUT2D eigenvalue weighted by Crippen LogP contribution is 2.39.